The molecular formula is C20H18Cl2N2O2. The van der Waals surface area contributed by atoms with Gasteiger partial charge in [0.05, 0.1) is 10.0 Å². The minimum Gasteiger partial charge on any atom is -0.465 e. The third kappa shape index (κ3) is 2.25. The molecule has 5 rings (SSSR count). The van der Waals surface area contributed by atoms with Crippen LogP contribution in [0, 0.1) is 0 Å². The highest BCUT2D eigenvalue weighted by Gasteiger charge is 2.45. The van der Waals surface area contributed by atoms with Crippen LogP contribution in [0.15, 0.2) is 30.3 Å². The van der Waals surface area contributed by atoms with Gasteiger partial charge >= 0.3 is 6.09 Å². The lowest BCUT2D eigenvalue weighted by molar-refractivity contribution is 0.127. The fourth-order valence-corrected chi connectivity index (χ4v) is 5.31. The van der Waals surface area contributed by atoms with Gasteiger partial charge in [-0.3, -0.25) is 0 Å². The summed E-state index contributed by atoms with van der Waals surface area (Å²) in [5.74, 6) is 0.229. The zero-order chi connectivity index (χ0) is 18.0. The van der Waals surface area contributed by atoms with Crippen LogP contribution in [0.5, 0.6) is 0 Å². The van der Waals surface area contributed by atoms with E-state index in [2.05, 4.69) is 17.0 Å². The maximum absolute atomic E-state index is 11.5. The Kier molecular flexibility index (Phi) is 3.63. The first-order chi connectivity index (χ1) is 12.5. The zero-order valence-corrected chi connectivity index (χ0v) is 15.6. The highest BCUT2D eigenvalue weighted by atomic mass is 35.5. The van der Waals surface area contributed by atoms with E-state index >= 15 is 0 Å². The molecule has 0 radical (unpaired) electrons. The molecular weight excluding hydrogens is 371 g/mol. The molecule has 2 aromatic carbocycles. The van der Waals surface area contributed by atoms with Crippen molar-refractivity contribution in [1.29, 1.82) is 0 Å². The minimum atomic E-state index is -0.824. The molecule has 3 heterocycles. The number of likely N-dealkylation sites (tertiary alicyclic amines) is 1. The van der Waals surface area contributed by atoms with Crippen molar-refractivity contribution in [2.75, 3.05) is 24.5 Å². The van der Waals surface area contributed by atoms with Crippen molar-refractivity contribution in [3.05, 3.63) is 51.5 Å². The third-order valence-corrected chi connectivity index (χ3v) is 6.86. The summed E-state index contributed by atoms with van der Waals surface area (Å²) in [6, 6.07) is 10.5. The first kappa shape index (κ1) is 16.3. The zero-order valence-electron chi connectivity index (χ0n) is 14.1. The van der Waals surface area contributed by atoms with Crippen molar-refractivity contribution < 1.29 is 9.90 Å². The summed E-state index contributed by atoms with van der Waals surface area (Å²) in [6.45, 7) is 2.20. The van der Waals surface area contributed by atoms with Gasteiger partial charge in [-0.15, -0.1) is 0 Å². The number of rotatable bonds is 1. The van der Waals surface area contributed by atoms with E-state index in [1.165, 1.54) is 16.8 Å². The Balaban J connectivity index is 1.63. The fourth-order valence-electron chi connectivity index (χ4n) is 4.90. The normalized spacial score (nSPS) is 23.2. The first-order valence-corrected chi connectivity index (χ1v) is 9.66. The van der Waals surface area contributed by atoms with Crippen molar-refractivity contribution in [1.82, 2.24) is 4.90 Å². The van der Waals surface area contributed by atoms with E-state index in [1.54, 1.807) is 11.0 Å². The van der Waals surface area contributed by atoms with Crippen molar-refractivity contribution in [3.63, 3.8) is 0 Å². The van der Waals surface area contributed by atoms with E-state index in [0.717, 1.165) is 30.5 Å². The Labute approximate surface area is 161 Å². The number of carbonyl (C=O) groups is 1. The molecule has 2 atom stereocenters. The number of carboxylic acid groups (broad SMARTS) is 1. The van der Waals surface area contributed by atoms with Crippen LogP contribution in [0.1, 0.15) is 23.5 Å². The number of halogens is 2. The Bertz CT molecular complexity index is 930. The topological polar surface area (TPSA) is 43.8 Å². The van der Waals surface area contributed by atoms with Gasteiger partial charge in [-0.1, -0.05) is 35.3 Å². The van der Waals surface area contributed by atoms with Crippen LogP contribution < -0.4 is 4.90 Å². The largest absolute Gasteiger partial charge is 0.465 e. The average Bonchev–Trinajstić information content (AvgIpc) is 3.19. The predicted octanol–water partition coefficient (Wildman–Crippen LogP) is 4.87. The monoisotopic (exact) mass is 388 g/mol. The van der Waals surface area contributed by atoms with E-state index in [9.17, 15) is 9.90 Å². The maximum Gasteiger partial charge on any atom is 0.407 e. The van der Waals surface area contributed by atoms with Crippen LogP contribution in [0.2, 0.25) is 10.0 Å². The van der Waals surface area contributed by atoms with Crippen LogP contribution in [0.3, 0.4) is 0 Å². The quantitative estimate of drug-likeness (QED) is 0.757. The number of hydrogen-bond donors (Lipinski definition) is 1. The Hall–Kier alpha value is -1.91. The second kappa shape index (κ2) is 5.80. The van der Waals surface area contributed by atoms with Gasteiger partial charge in [0, 0.05) is 42.8 Å². The molecule has 1 saturated heterocycles. The van der Waals surface area contributed by atoms with Crippen LogP contribution in [-0.2, 0) is 6.42 Å². The summed E-state index contributed by atoms with van der Waals surface area (Å²) >= 11 is 12.7. The van der Waals surface area contributed by atoms with Crippen molar-refractivity contribution in [2.45, 2.75) is 24.8 Å². The summed E-state index contributed by atoms with van der Waals surface area (Å²) in [5.41, 5.74) is 5.94. The van der Waals surface area contributed by atoms with Gasteiger partial charge in [0.1, 0.15) is 0 Å². The van der Waals surface area contributed by atoms with Gasteiger partial charge in [-0.25, -0.2) is 4.79 Å². The molecule has 3 aliphatic rings. The van der Waals surface area contributed by atoms with Crippen LogP contribution in [0.4, 0.5) is 10.5 Å². The fraction of sp³-hybridized carbons (Fsp3) is 0.350. The lowest BCUT2D eigenvalue weighted by atomic mass is 9.86. The van der Waals surface area contributed by atoms with Gasteiger partial charge in [0.15, 0.2) is 0 Å². The summed E-state index contributed by atoms with van der Waals surface area (Å²) < 4.78 is 0. The molecule has 0 unspecified atom stereocenters. The third-order valence-electron chi connectivity index (χ3n) is 6.04. The molecule has 1 fully saturated rings. The number of hydrogen-bond acceptors (Lipinski definition) is 2. The lowest BCUT2D eigenvalue weighted by Gasteiger charge is -2.37. The molecule has 6 heteroatoms. The minimum absolute atomic E-state index is 0.229. The number of nitrogens with zero attached hydrogens (tertiary/aromatic N) is 2. The highest BCUT2D eigenvalue weighted by molar-refractivity contribution is 6.43. The lowest BCUT2D eigenvalue weighted by Crippen LogP contribution is -2.47. The van der Waals surface area contributed by atoms with Crippen LogP contribution >= 0.6 is 23.2 Å². The van der Waals surface area contributed by atoms with E-state index < -0.39 is 6.09 Å². The highest BCUT2D eigenvalue weighted by Crippen LogP contribution is 2.51. The molecule has 1 amide bonds. The van der Waals surface area contributed by atoms with Gasteiger partial charge < -0.3 is 14.9 Å². The van der Waals surface area contributed by atoms with E-state index in [-0.39, 0.29) is 5.92 Å². The average molecular weight is 389 g/mol. The first-order valence-electron chi connectivity index (χ1n) is 8.90. The number of fused-ring (bicyclic) bond motifs is 3. The maximum atomic E-state index is 11.5. The molecule has 0 aromatic heterocycles. The van der Waals surface area contributed by atoms with Crippen LogP contribution in [-0.4, -0.2) is 41.8 Å². The second-order valence-electron chi connectivity index (χ2n) is 7.31. The standard InChI is InChI=1S/C20H18Cl2N2O2/c21-16-3-1-2-13(18(16)22)12-8-11-4-7-24-17-5-6-23(20(25)26)10-15(17)14(9-12)19(11)24/h1-3,8-9,15,17H,4-7,10H2,(H,25,26)/t15-,17-/m0/s1. The summed E-state index contributed by atoms with van der Waals surface area (Å²) in [7, 11) is 0. The summed E-state index contributed by atoms with van der Waals surface area (Å²) in [4.78, 5) is 15.5. The molecule has 0 bridgehead atoms. The van der Waals surface area contributed by atoms with Gasteiger partial charge in [-0.2, -0.15) is 0 Å². The molecule has 26 heavy (non-hydrogen) atoms. The SMILES string of the molecule is O=C(O)N1CC[C@H]2[C@@H](C1)c1cc(-c3cccc(Cl)c3Cl)cc3c1N2CC3. The molecule has 4 nitrogen and oxygen atoms in total. The van der Waals surface area contributed by atoms with Crippen LogP contribution in [0.25, 0.3) is 11.1 Å². The molecule has 2 aromatic rings. The molecule has 3 aliphatic heterocycles. The molecule has 1 N–H and O–H groups in total. The molecule has 134 valence electrons. The Morgan fingerprint density at radius 1 is 1.19 bits per heavy atom. The summed E-state index contributed by atoms with van der Waals surface area (Å²) in [5, 5.41) is 10.5. The van der Waals surface area contributed by atoms with Crippen molar-refractivity contribution >= 4 is 35.0 Å². The van der Waals surface area contributed by atoms with Gasteiger partial charge in [-0.05, 0) is 47.7 Å². The number of anilines is 1. The van der Waals surface area contributed by atoms with E-state index in [1.807, 2.05) is 12.1 Å². The Morgan fingerprint density at radius 3 is 2.85 bits per heavy atom. The van der Waals surface area contributed by atoms with E-state index in [4.69, 9.17) is 23.2 Å². The van der Waals surface area contributed by atoms with Gasteiger partial charge in [0.2, 0.25) is 0 Å². The number of amides is 1. The van der Waals surface area contributed by atoms with Crippen molar-refractivity contribution in [3.8, 4) is 11.1 Å². The Morgan fingerprint density at radius 2 is 2.04 bits per heavy atom. The summed E-state index contributed by atoms with van der Waals surface area (Å²) in [6.07, 6.45) is 1.09. The van der Waals surface area contributed by atoms with E-state index in [0.29, 0.717) is 29.2 Å². The van der Waals surface area contributed by atoms with Crippen molar-refractivity contribution in [2.24, 2.45) is 0 Å². The predicted molar refractivity (Wildman–Crippen MR) is 104 cm³/mol. The smallest absolute Gasteiger partial charge is 0.407 e. The second-order valence-corrected chi connectivity index (χ2v) is 8.09. The molecule has 0 saturated carbocycles. The number of piperidine rings is 1. The number of benzene rings is 2. The molecule has 0 aliphatic carbocycles. The van der Waals surface area contributed by atoms with Gasteiger partial charge in [0.25, 0.3) is 0 Å². The molecule has 0 spiro atoms.